The SMILES string of the molecule is CCOc1cc(F)c[c-]c1-c1ccn(-c2ccccc2)n1.CCOc1cc(F)c[c-]c1-c1ccn(-c2ccccc2)n1.FC(F)(F)c1cc(-c2ccccn2)[n-]n1.[Ir+3]. The number of hydrogen-bond donors (Lipinski definition) is 0. The van der Waals surface area contributed by atoms with Crippen LogP contribution in [-0.2, 0) is 26.3 Å². The molecule has 8 rings (SSSR count). The molecular formula is C43H33F5IrN7O2. The summed E-state index contributed by atoms with van der Waals surface area (Å²) in [6.07, 6.45) is 0.743. The first-order chi connectivity index (χ1) is 27.6. The number of benzene rings is 4. The van der Waals surface area contributed by atoms with Crippen LogP contribution < -0.4 is 14.6 Å². The van der Waals surface area contributed by atoms with E-state index in [1.54, 1.807) is 27.6 Å². The Morgan fingerprint density at radius 2 is 1.12 bits per heavy atom. The van der Waals surface area contributed by atoms with Crippen LogP contribution in [0.15, 0.2) is 140 Å². The molecule has 9 nitrogen and oxygen atoms in total. The van der Waals surface area contributed by atoms with E-state index in [0.717, 1.165) is 17.4 Å². The van der Waals surface area contributed by atoms with E-state index in [2.05, 4.69) is 37.5 Å². The number of alkyl halides is 3. The van der Waals surface area contributed by atoms with Crippen LogP contribution in [0.3, 0.4) is 0 Å². The van der Waals surface area contributed by atoms with Crippen molar-refractivity contribution >= 4 is 0 Å². The maximum Gasteiger partial charge on any atom is 3.00 e. The van der Waals surface area contributed by atoms with Gasteiger partial charge in [-0.05, 0) is 56.3 Å². The molecule has 4 aromatic heterocycles. The minimum absolute atomic E-state index is 0. The molecule has 0 saturated carbocycles. The molecule has 0 aliphatic carbocycles. The molecule has 0 aliphatic rings. The summed E-state index contributed by atoms with van der Waals surface area (Å²) in [5.74, 6) is 0.168. The third-order valence-electron chi connectivity index (χ3n) is 7.83. The molecule has 58 heavy (non-hydrogen) atoms. The maximum absolute atomic E-state index is 13.3. The van der Waals surface area contributed by atoms with E-state index in [1.165, 1.54) is 30.5 Å². The molecule has 0 atom stereocenters. The standard InChI is InChI=1S/2C17H14FN2O.C9H5F3N3.Ir/c2*1-2-21-17-12-13(18)8-9-15(17)16-10-11-20(19-16)14-6-4-3-5-7-14;10-9(11,12)8-5-7(14-15-8)6-3-1-2-4-13-6;/h2*3-8,10-12H,2H2,1H3;1-5H;/q3*-1;+3. The second-order valence-corrected chi connectivity index (χ2v) is 11.8. The summed E-state index contributed by atoms with van der Waals surface area (Å²) in [4.78, 5) is 3.87. The summed E-state index contributed by atoms with van der Waals surface area (Å²) < 4.78 is 77.7. The van der Waals surface area contributed by atoms with Gasteiger partial charge in [0, 0.05) is 58.8 Å². The largest absolute Gasteiger partial charge is 3.00 e. The van der Waals surface area contributed by atoms with Crippen molar-refractivity contribution in [2.75, 3.05) is 13.2 Å². The third-order valence-corrected chi connectivity index (χ3v) is 7.83. The quantitative estimate of drug-likeness (QED) is 0.105. The van der Waals surface area contributed by atoms with Crippen molar-refractivity contribution < 1.29 is 51.5 Å². The summed E-state index contributed by atoms with van der Waals surface area (Å²) in [5, 5.41) is 15.5. The summed E-state index contributed by atoms with van der Waals surface area (Å²) in [5.41, 5.74) is 4.14. The minimum atomic E-state index is -4.46. The molecule has 0 radical (unpaired) electrons. The van der Waals surface area contributed by atoms with Crippen LogP contribution in [0.2, 0.25) is 0 Å². The molecular weight excluding hydrogens is 934 g/mol. The van der Waals surface area contributed by atoms with Gasteiger partial charge in [-0.25, -0.2) is 10.2 Å². The van der Waals surface area contributed by atoms with Gasteiger partial charge in [-0.3, -0.25) is 23.1 Å². The van der Waals surface area contributed by atoms with Gasteiger partial charge in [0.15, 0.2) is 0 Å². The zero-order chi connectivity index (χ0) is 40.2. The molecule has 8 aromatic rings. The van der Waals surface area contributed by atoms with Crippen molar-refractivity contribution in [2.45, 2.75) is 20.0 Å². The van der Waals surface area contributed by atoms with Crippen LogP contribution >= 0.6 is 0 Å². The fourth-order valence-corrected chi connectivity index (χ4v) is 5.28. The van der Waals surface area contributed by atoms with Crippen LogP contribution in [0.1, 0.15) is 19.5 Å². The van der Waals surface area contributed by atoms with Gasteiger partial charge in [0.2, 0.25) is 0 Å². The van der Waals surface area contributed by atoms with E-state index >= 15 is 0 Å². The molecule has 0 fully saturated rings. The number of halogens is 5. The Morgan fingerprint density at radius 1 is 0.638 bits per heavy atom. The van der Waals surface area contributed by atoms with Gasteiger partial charge in [0.1, 0.15) is 5.69 Å². The zero-order valence-corrected chi connectivity index (χ0v) is 33.3. The molecule has 0 spiro atoms. The first kappa shape index (κ1) is 42.7. The van der Waals surface area contributed by atoms with E-state index in [9.17, 15) is 22.0 Å². The molecule has 0 aliphatic heterocycles. The molecule has 15 heteroatoms. The number of hydrogen-bond acceptors (Lipinski definition) is 6. The van der Waals surface area contributed by atoms with Gasteiger partial charge < -0.3 is 19.7 Å². The average Bonchev–Trinajstić information content (AvgIpc) is 4.03. The number of nitrogens with zero attached hydrogens (tertiary/aromatic N) is 7. The van der Waals surface area contributed by atoms with E-state index < -0.39 is 11.9 Å². The first-order valence-electron chi connectivity index (χ1n) is 17.5. The number of rotatable bonds is 9. The van der Waals surface area contributed by atoms with Crippen LogP contribution in [0.4, 0.5) is 22.0 Å². The molecule has 0 amide bonds. The first-order valence-corrected chi connectivity index (χ1v) is 17.5. The topological polar surface area (TPSA) is 94.0 Å². The fourth-order valence-electron chi connectivity index (χ4n) is 5.28. The van der Waals surface area contributed by atoms with Gasteiger partial charge in [-0.15, -0.1) is 24.3 Å². The molecule has 4 aromatic carbocycles. The number of para-hydroxylation sites is 2. The number of ether oxygens (including phenoxy) is 2. The number of pyridine rings is 1. The van der Waals surface area contributed by atoms with Crippen molar-refractivity contribution in [3.05, 3.63) is 169 Å². The fraction of sp³-hybridized carbons (Fsp3) is 0.116. The van der Waals surface area contributed by atoms with E-state index in [4.69, 9.17) is 9.47 Å². The normalized spacial score (nSPS) is 10.7. The molecule has 0 saturated heterocycles. The Bertz CT molecular complexity index is 2350. The molecule has 0 unspecified atom stereocenters. The van der Waals surface area contributed by atoms with Crippen LogP contribution in [0, 0.1) is 23.8 Å². The smallest absolute Gasteiger partial charge is 0.573 e. The predicted octanol–water partition coefficient (Wildman–Crippen LogP) is 9.87. The van der Waals surface area contributed by atoms with Crippen molar-refractivity contribution in [2.24, 2.45) is 0 Å². The molecule has 4 heterocycles. The zero-order valence-electron chi connectivity index (χ0n) is 30.9. The minimum Gasteiger partial charge on any atom is -0.573 e. The van der Waals surface area contributed by atoms with Crippen molar-refractivity contribution in [1.82, 2.24) is 34.7 Å². The maximum atomic E-state index is 13.3. The van der Waals surface area contributed by atoms with Gasteiger partial charge in [0.05, 0.1) is 24.6 Å². The third kappa shape index (κ3) is 11.1. The van der Waals surface area contributed by atoms with Crippen LogP contribution in [-0.4, -0.2) is 42.9 Å². The Labute approximate surface area is 344 Å². The van der Waals surface area contributed by atoms with Gasteiger partial charge >= 0.3 is 26.3 Å². The summed E-state index contributed by atoms with van der Waals surface area (Å²) in [6, 6.07) is 40.2. The summed E-state index contributed by atoms with van der Waals surface area (Å²) in [7, 11) is 0. The van der Waals surface area contributed by atoms with Gasteiger partial charge in [-0.1, -0.05) is 83.6 Å². The van der Waals surface area contributed by atoms with Crippen molar-refractivity contribution in [3.63, 3.8) is 0 Å². The van der Waals surface area contributed by atoms with E-state index in [-0.39, 0.29) is 37.4 Å². The second kappa shape index (κ2) is 20.1. The number of aromatic nitrogens is 7. The molecule has 296 valence electrons. The van der Waals surface area contributed by atoms with Crippen molar-refractivity contribution in [1.29, 1.82) is 0 Å². The van der Waals surface area contributed by atoms with Crippen LogP contribution in [0.25, 0.3) is 45.3 Å². The Kier molecular flexibility index (Phi) is 14.8. The van der Waals surface area contributed by atoms with Gasteiger partial charge in [-0.2, -0.15) is 13.2 Å². The van der Waals surface area contributed by atoms with E-state index in [1.807, 2.05) is 99.0 Å². The van der Waals surface area contributed by atoms with Gasteiger partial charge in [0.25, 0.3) is 0 Å². The monoisotopic (exact) mass is 967 g/mol. The molecule has 0 bridgehead atoms. The molecule has 0 N–H and O–H groups in total. The Balaban J connectivity index is 0.000000167. The Morgan fingerprint density at radius 3 is 1.53 bits per heavy atom. The average molecular weight is 967 g/mol. The van der Waals surface area contributed by atoms with E-state index in [0.29, 0.717) is 52.9 Å². The summed E-state index contributed by atoms with van der Waals surface area (Å²) >= 11 is 0. The Hall–Kier alpha value is -6.44. The predicted molar refractivity (Wildman–Crippen MR) is 204 cm³/mol. The van der Waals surface area contributed by atoms with Crippen molar-refractivity contribution in [3.8, 4) is 56.8 Å². The summed E-state index contributed by atoms with van der Waals surface area (Å²) in [6.45, 7) is 4.64. The van der Waals surface area contributed by atoms with Crippen LogP contribution in [0.5, 0.6) is 11.5 Å². The second-order valence-electron chi connectivity index (χ2n) is 11.8.